The molecule has 0 bridgehead atoms. The van der Waals surface area contributed by atoms with Crippen LogP contribution < -0.4 is 0 Å². The van der Waals surface area contributed by atoms with Crippen LogP contribution in [0.15, 0.2) is 44.8 Å². The Morgan fingerprint density at radius 1 is 0.500 bits per heavy atom. The van der Waals surface area contributed by atoms with Crippen molar-refractivity contribution in [1.82, 2.24) is 37.8 Å². The minimum Gasteiger partial charge on any atom is -0.349 e. The summed E-state index contributed by atoms with van der Waals surface area (Å²) < 4.78 is 24.6. The lowest BCUT2D eigenvalue weighted by atomic mass is 10.1. The number of nitrogens with zero attached hydrogens (tertiary/aromatic N) is 11. The molecule has 0 unspecified atom stereocenters. The van der Waals surface area contributed by atoms with Crippen molar-refractivity contribution >= 4 is 48.8 Å². The maximum atomic E-state index is 5.67. The molecule has 0 aliphatic heterocycles. The van der Waals surface area contributed by atoms with Crippen LogP contribution in [-0.2, 0) is 0 Å². The van der Waals surface area contributed by atoms with Crippen LogP contribution in [0, 0.1) is 0 Å². The summed E-state index contributed by atoms with van der Waals surface area (Å²) in [6.07, 6.45) is 0. The molecule has 0 spiro atoms. The summed E-state index contributed by atoms with van der Waals surface area (Å²) in [5.41, 5.74) is 2.56. The molecule has 40 heavy (non-hydrogen) atoms. The molecule has 0 heterocycles. The molecule has 2 rings (SSSR count). The fourth-order valence-electron chi connectivity index (χ4n) is 5.27. The Bertz CT molecular complexity index is 1240. The van der Waals surface area contributed by atoms with Crippen LogP contribution in [0.25, 0.3) is 10.8 Å². The molecule has 0 saturated heterocycles. The summed E-state index contributed by atoms with van der Waals surface area (Å²) in [6, 6.07) is 10.6. The van der Waals surface area contributed by atoms with Crippen molar-refractivity contribution in [3.05, 3.63) is 30.3 Å². The van der Waals surface area contributed by atoms with Crippen LogP contribution in [0.5, 0.6) is 0 Å². The minimum absolute atomic E-state index is 0.811. The molecule has 13 heteroatoms. The number of hydrogen-bond donors (Lipinski definition) is 0. The van der Waals surface area contributed by atoms with Crippen LogP contribution in [0.2, 0.25) is 0 Å². The summed E-state index contributed by atoms with van der Waals surface area (Å²) in [7, 11) is 28.7. The average Bonchev–Trinajstić information content (AvgIpc) is 2.82. The van der Waals surface area contributed by atoms with Crippen molar-refractivity contribution in [2.45, 2.75) is 0 Å². The molecule has 0 radical (unpaired) electrons. The zero-order valence-electron chi connectivity index (χ0n) is 27.7. The first-order valence-corrected chi connectivity index (χ1v) is 16.5. The number of fused-ring (bicyclic) bond motifs is 1. The zero-order valence-corrected chi connectivity index (χ0v) is 29.5. The lowest BCUT2D eigenvalue weighted by molar-refractivity contribution is 0.474. The molecule has 2 aromatic rings. The number of rotatable bonds is 9. The normalized spacial score (nSPS) is 12.8. The van der Waals surface area contributed by atoms with E-state index in [9.17, 15) is 0 Å². The van der Waals surface area contributed by atoms with Gasteiger partial charge in [0, 0.05) is 33.6 Å². The van der Waals surface area contributed by atoms with Gasteiger partial charge in [-0.25, -0.2) is 14.5 Å². The topological polar surface area (TPSA) is 63.0 Å². The molecule has 0 N–H and O–H groups in total. The maximum Gasteiger partial charge on any atom is 0.200 e. The van der Waals surface area contributed by atoms with Gasteiger partial charge in [0.05, 0.1) is 11.4 Å². The first-order chi connectivity index (χ1) is 18.4. The lowest BCUT2D eigenvalue weighted by Gasteiger charge is -2.41. The summed E-state index contributed by atoms with van der Waals surface area (Å²) >= 11 is 0. The van der Waals surface area contributed by atoms with Gasteiger partial charge in [0.25, 0.3) is 0 Å². The van der Waals surface area contributed by atoms with Gasteiger partial charge in [-0.2, -0.15) is 0 Å². The van der Waals surface area contributed by atoms with Crippen LogP contribution in [0.1, 0.15) is 0 Å². The molecular weight excluding hydrogens is 540 g/mol. The molecule has 0 aliphatic rings. The number of aliphatic imine (C=N–C) groups is 1. The zero-order chi connectivity index (χ0) is 30.7. The third-order valence-corrected chi connectivity index (χ3v) is 14.1. The first-order valence-electron chi connectivity index (χ1n) is 13.3. The quantitative estimate of drug-likeness (QED) is 0.215. The molecular formula is C27H53N11P2. The Labute approximate surface area is 244 Å². The second kappa shape index (κ2) is 13.4. The van der Waals surface area contributed by atoms with E-state index in [1.165, 1.54) is 0 Å². The Morgan fingerprint density at radius 3 is 1.32 bits per heavy atom. The molecule has 0 aromatic heterocycles. The van der Waals surface area contributed by atoms with E-state index in [1.807, 2.05) is 38.0 Å². The highest BCUT2D eigenvalue weighted by molar-refractivity contribution is 7.59. The van der Waals surface area contributed by atoms with Crippen LogP contribution in [0.3, 0.4) is 0 Å². The van der Waals surface area contributed by atoms with Crippen molar-refractivity contribution < 1.29 is 0 Å². The second-order valence-electron chi connectivity index (χ2n) is 11.4. The van der Waals surface area contributed by atoms with Gasteiger partial charge < -0.3 is 9.80 Å². The smallest absolute Gasteiger partial charge is 0.200 e. The summed E-state index contributed by atoms with van der Waals surface area (Å²) in [6.45, 7) is 0. The molecule has 0 fully saturated rings. The first kappa shape index (κ1) is 34.4. The molecule has 226 valence electrons. The van der Waals surface area contributed by atoms with Gasteiger partial charge in [-0.3, -0.25) is 28.0 Å². The van der Waals surface area contributed by atoms with Crippen LogP contribution in [-0.4, -0.2) is 157 Å². The van der Waals surface area contributed by atoms with Crippen molar-refractivity contribution in [2.24, 2.45) is 14.5 Å². The van der Waals surface area contributed by atoms with E-state index in [4.69, 9.17) is 14.5 Å². The Morgan fingerprint density at radius 2 is 0.925 bits per heavy atom. The highest BCUT2D eigenvalue weighted by atomic mass is 31.2. The van der Waals surface area contributed by atoms with Crippen LogP contribution in [0.4, 0.5) is 17.1 Å². The van der Waals surface area contributed by atoms with E-state index in [1.54, 1.807) is 0 Å². The van der Waals surface area contributed by atoms with Gasteiger partial charge in [-0.1, -0.05) is 18.2 Å². The number of guanidine groups is 1. The second-order valence-corrected chi connectivity index (χ2v) is 18.7. The third-order valence-electron chi connectivity index (χ3n) is 6.69. The van der Waals surface area contributed by atoms with Gasteiger partial charge in [-0.15, -0.1) is 0 Å². The number of benzene rings is 2. The molecule has 0 saturated carbocycles. The fourth-order valence-corrected chi connectivity index (χ4v) is 11.6. The summed E-state index contributed by atoms with van der Waals surface area (Å²) in [5.74, 6) is 0.838. The molecule has 11 nitrogen and oxygen atoms in total. The SMILES string of the molecule is CN(C)C(=Nc1ccc2cccc(N=P(N(C)C)(N(C)C)N(C)C)c2c1N=P(N(C)C)(N(C)C)N(C)C)N(C)C. The van der Waals surface area contributed by atoms with E-state index in [0.29, 0.717) is 0 Å². The Kier molecular flexibility index (Phi) is 11.6. The Balaban J connectivity index is 3.36. The lowest BCUT2D eigenvalue weighted by Crippen LogP contribution is -2.35. The predicted molar refractivity (Wildman–Crippen MR) is 179 cm³/mol. The van der Waals surface area contributed by atoms with E-state index >= 15 is 0 Å². The van der Waals surface area contributed by atoms with E-state index in [-0.39, 0.29) is 0 Å². The molecule has 0 amide bonds. The average molecular weight is 594 g/mol. The van der Waals surface area contributed by atoms with E-state index in [2.05, 4.69) is 143 Å². The van der Waals surface area contributed by atoms with Gasteiger partial charge >= 0.3 is 0 Å². The summed E-state index contributed by atoms with van der Waals surface area (Å²) in [4.78, 5) is 9.24. The van der Waals surface area contributed by atoms with Crippen molar-refractivity contribution in [3.63, 3.8) is 0 Å². The highest BCUT2D eigenvalue weighted by Gasteiger charge is 2.32. The minimum atomic E-state index is -2.32. The molecule has 0 atom stereocenters. The van der Waals surface area contributed by atoms with Gasteiger partial charge in [0.15, 0.2) is 15.0 Å². The van der Waals surface area contributed by atoms with Gasteiger partial charge in [0.1, 0.15) is 5.69 Å². The standard InChI is InChI=1S/C27H53N11P2/c1-31(2)27(32(3)4)28-24-21-20-22-18-17-19-23(29-39(33(5)6,34(7)8)35(9)10)25(22)26(24)30-40(36(11)12,37(13)14)38(15)16/h17-21H,1-16H3. The van der Waals surface area contributed by atoms with Gasteiger partial charge in [-0.05, 0) is 102 Å². The van der Waals surface area contributed by atoms with E-state index in [0.717, 1.165) is 33.8 Å². The molecule has 0 aliphatic carbocycles. The monoisotopic (exact) mass is 593 g/mol. The Hall–Kier alpha value is -1.81. The number of hydrogen-bond acceptors (Lipinski definition) is 3. The maximum absolute atomic E-state index is 5.67. The largest absolute Gasteiger partial charge is 0.349 e. The highest BCUT2D eigenvalue weighted by Crippen LogP contribution is 2.61. The van der Waals surface area contributed by atoms with Gasteiger partial charge in [0.2, 0.25) is 5.96 Å². The van der Waals surface area contributed by atoms with Crippen molar-refractivity contribution in [1.29, 1.82) is 0 Å². The summed E-state index contributed by atoms with van der Waals surface area (Å²) in [5, 5.41) is 2.09. The van der Waals surface area contributed by atoms with Crippen LogP contribution >= 0.6 is 15.0 Å². The third kappa shape index (κ3) is 6.48. The fraction of sp³-hybridized carbons (Fsp3) is 0.593. The van der Waals surface area contributed by atoms with Crippen molar-refractivity contribution in [3.8, 4) is 0 Å². The van der Waals surface area contributed by atoms with E-state index < -0.39 is 15.0 Å². The predicted octanol–water partition coefficient (Wildman–Crippen LogP) is 5.48. The molecule has 2 aromatic carbocycles. The van der Waals surface area contributed by atoms with Crippen molar-refractivity contribution in [2.75, 3.05) is 113 Å².